The molecule has 1 amide bonds. The number of hydrogen-bond acceptors (Lipinski definition) is 5. The number of amides is 1. The van der Waals surface area contributed by atoms with Gasteiger partial charge in [0.25, 0.3) is 5.91 Å². The van der Waals surface area contributed by atoms with Crippen LogP contribution in [0.3, 0.4) is 0 Å². The van der Waals surface area contributed by atoms with E-state index in [0.29, 0.717) is 11.6 Å². The van der Waals surface area contributed by atoms with E-state index in [1.807, 2.05) is 31.2 Å². The Morgan fingerprint density at radius 2 is 1.72 bits per heavy atom. The van der Waals surface area contributed by atoms with Crippen molar-refractivity contribution in [1.29, 1.82) is 0 Å². The molecule has 2 heterocycles. The predicted octanol–water partition coefficient (Wildman–Crippen LogP) is 6.34. The summed E-state index contributed by atoms with van der Waals surface area (Å²) in [6.45, 7) is 9.58. The Kier molecular flexibility index (Phi) is 5.69. The van der Waals surface area contributed by atoms with Gasteiger partial charge in [-0.15, -0.1) is 0 Å². The van der Waals surface area contributed by atoms with E-state index < -0.39 is 0 Å². The highest BCUT2D eigenvalue weighted by Crippen LogP contribution is 2.51. The fourth-order valence-corrected chi connectivity index (χ4v) is 5.94. The largest absolute Gasteiger partial charge is 0.334 e. The molecule has 0 aliphatic carbocycles. The Hall–Kier alpha value is -1.89. The van der Waals surface area contributed by atoms with Gasteiger partial charge in [-0.05, 0) is 80.9 Å². The SMILES string of the molecule is CCN1C(=O)/C(=C2/Sc3ccc(Cl)cc3N2CC)SC1=Nc1ccc(C)c(C)c1. The number of halogens is 1. The maximum atomic E-state index is 13.2. The molecule has 0 aromatic heterocycles. The lowest BCUT2D eigenvalue weighted by Gasteiger charge is -2.19. The van der Waals surface area contributed by atoms with Crippen molar-refractivity contribution in [2.75, 3.05) is 18.0 Å². The molecular formula is C22H22ClN3OS2. The summed E-state index contributed by atoms with van der Waals surface area (Å²) in [7, 11) is 0. The Balaban J connectivity index is 1.75. The van der Waals surface area contributed by atoms with Crippen LogP contribution in [0.15, 0.2) is 56.2 Å². The average molecular weight is 444 g/mol. The van der Waals surface area contributed by atoms with E-state index in [4.69, 9.17) is 16.6 Å². The van der Waals surface area contributed by atoms with Crippen LogP contribution in [0, 0.1) is 13.8 Å². The molecule has 4 nitrogen and oxygen atoms in total. The number of anilines is 1. The number of aryl methyl sites for hydroxylation is 2. The number of amidine groups is 1. The summed E-state index contributed by atoms with van der Waals surface area (Å²) in [5.41, 5.74) is 4.35. The number of fused-ring (bicyclic) bond motifs is 1. The number of hydrogen-bond donors (Lipinski definition) is 0. The summed E-state index contributed by atoms with van der Waals surface area (Å²) in [6, 6.07) is 12.0. The van der Waals surface area contributed by atoms with Crippen molar-refractivity contribution >= 4 is 57.6 Å². The van der Waals surface area contributed by atoms with E-state index in [2.05, 4.69) is 37.8 Å². The van der Waals surface area contributed by atoms with Gasteiger partial charge < -0.3 is 4.90 Å². The van der Waals surface area contributed by atoms with Crippen LogP contribution in [0.25, 0.3) is 0 Å². The number of nitrogens with zero attached hydrogens (tertiary/aromatic N) is 3. The molecule has 29 heavy (non-hydrogen) atoms. The second-order valence-corrected chi connectivity index (χ2v) is 9.35. The highest BCUT2D eigenvalue weighted by atomic mass is 35.5. The quantitative estimate of drug-likeness (QED) is 0.518. The molecule has 2 aliphatic heterocycles. The fraction of sp³-hybridized carbons (Fsp3) is 0.273. The Morgan fingerprint density at radius 1 is 0.966 bits per heavy atom. The minimum absolute atomic E-state index is 0.0138. The molecule has 2 aromatic rings. The van der Waals surface area contributed by atoms with Gasteiger partial charge >= 0.3 is 0 Å². The van der Waals surface area contributed by atoms with Gasteiger partial charge in [0.15, 0.2) is 5.17 Å². The van der Waals surface area contributed by atoms with Gasteiger partial charge in [0, 0.05) is 23.0 Å². The molecular weight excluding hydrogens is 422 g/mol. The van der Waals surface area contributed by atoms with Gasteiger partial charge in [0.1, 0.15) is 9.93 Å². The van der Waals surface area contributed by atoms with Crippen LogP contribution < -0.4 is 4.90 Å². The highest BCUT2D eigenvalue weighted by molar-refractivity contribution is 8.19. The lowest BCUT2D eigenvalue weighted by atomic mass is 10.1. The van der Waals surface area contributed by atoms with E-state index in [1.165, 1.54) is 22.9 Å². The third-order valence-electron chi connectivity index (χ3n) is 5.07. The van der Waals surface area contributed by atoms with E-state index >= 15 is 0 Å². The lowest BCUT2D eigenvalue weighted by molar-refractivity contribution is -0.122. The maximum absolute atomic E-state index is 13.2. The number of rotatable bonds is 3. The van der Waals surface area contributed by atoms with Crippen molar-refractivity contribution < 1.29 is 4.79 Å². The first kappa shape index (κ1) is 20.4. The molecule has 1 saturated heterocycles. The number of carbonyl (C=O) groups excluding carboxylic acids is 1. The second kappa shape index (κ2) is 8.09. The number of benzene rings is 2. The van der Waals surface area contributed by atoms with Gasteiger partial charge in [0.2, 0.25) is 0 Å². The molecule has 0 radical (unpaired) electrons. The fourth-order valence-electron chi connectivity index (χ4n) is 3.34. The van der Waals surface area contributed by atoms with Crippen molar-refractivity contribution in [1.82, 2.24) is 4.90 Å². The van der Waals surface area contributed by atoms with Crippen LogP contribution >= 0.6 is 35.1 Å². The van der Waals surface area contributed by atoms with Crippen LogP contribution in [-0.4, -0.2) is 29.1 Å². The minimum Gasteiger partial charge on any atom is -0.334 e. The Labute approximate surface area is 185 Å². The van der Waals surface area contributed by atoms with Crippen LogP contribution in [0.2, 0.25) is 5.02 Å². The Bertz CT molecular complexity index is 1060. The van der Waals surface area contributed by atoms with Gasteiger partial charge in [0.05, 0.1) is 11.4 Å². The van der Waals surface area contributed by atoms with Crippen molar-refractivity contribution in [2.45, 2.75) is 32.6 Å². The number of thioether (sulfide) groups is 2. The maximum Gasteiger partial charge on any atom is 0.269 e. The van der Waals surface area contributed by atoms with Crippen LogP contribution in [-0.2, 0) is 4.79 Å². The van der Waals surface area contributed by atoms with Gasteiger partial charge in [-0.1, -0.05) is 29.4 Å². The number of likely N-dealkylation sites (N-methyl/N-ethyl adjacent to an activating group) is 1. The summed E-state index contributed by atoms with van der Waals surface area (Å²) in [5.74, 6) is 0.0138. The molecule has 0 N–H and O–H groups in total. The van der Waals surface area contributed by atoms with Crippen LogP contribution in [0.5, 0.6) is 0 Å². The van der Waals surface area contributed by atoms with Gasteiger partial charge in [-0.2, -0.15) is 0 Å². The summed E-state index contributed by atoms with van der Waals surface area (Å²) in [4.78, 5) is 23.8. The summed E-state index contributed by atoms with van der Waals surface area (Å²) in [6.07, 6.45) is 0. The molecule has 0 atom stereocenters. The first-order valence-electron chi connectivity index (χ1n) is 9.57. The molecule has 0 bridgehead atoms. The molecule has 150 valence electrons. The topological polar surface area (TPSA) is 35.9 Å². The standard InChI is InChI=1S/C22H22ClN3OS2/c1-5-25-17-12-15(23)8-10-18(17)28-21(25)19-20(27)26(6-2)22(29-19)24-16-9-7-13(3)14(4)11-16/h7-12H,5-6H2,1-4H3/b21-19-,24-22?. The molecule has 0 saturated carbocycles. The van der Waals surface area contributed by atoms with Crippen molar-refractivity contribution in [3.8, 4) is 0 Å². The van der Waals surface area contributed by atoms with Crippen molar-refractivity contribution in [3.63, 3.8) is 0 Å². The van der Waals surface area contributed by atoms with Gasteiger partial charge in [-0.25, -0.2) is 4.99 Å². The van der Waals surface area contributed by atoms with Gasteiger partial charge in [-0.3, -0.25) is 9.69 Å². The van der Waals surface area contributed by atoms with E-state index in [0.717, 1.165) is 37.9 Å². The van der Waals surface area contributed by atoms with E-state index in [-0.39, 0.29) is 5.91 Å². The summed E-state index contributed by atoms with van der Waals surface area (Å²) in [5, 5.41) is 2.39. The zero-order valence-corrected chi connectivity index (χ0v) is 19.2. The van der Waals surface area contributed by atoms with Crippen LogP contribution in [0.1, 0.15) is 25.0 Å². The van der Waals surface area contributed by atoms with E-state index in [9.17, 15) is 4.79 Å². The normalized spacial score (nSPS) is 20.2. The smallest absolute Gasteiger partial charge is 0.269 e. The number of aliphatic imine (C=N–C) groups is 1. The summed E-state index contributed by atoms with van der Waals surface area (Å²) >= 11 is 9.30. The molecule has 0 unspecified atom stereocenters. The second-order valence-electron chi connectivity index (χ2n) is 6.91. The molecule has 1 fully saturated rings. The molecule has 0 spiro atoms. The van der Waals surface area contributed by atoms with Crippen molar-refractivity contribution in [3.05, 3.63) is 62.5 Å². The molecule has 7 heteroatoms. The molecule has 2 aliphatic rings. The molecule has 2 aromatic carbocycles. The lowest BCUT2D eigenvalue weighted by Crippen LogP contribution is -2.29. The zero-order chi connectivity index (χ0) is 20.7. The highest BCUT2D eigenvalue weighted by Gasteiger charge is 2.39. The van der Waals surface area contributed by atoms with Crippen molar-refractivity contribution in [2.24, 2.45) is 4.99 Å². The predicted molar refractivity (Wildman–Crippen MR) is 125 cm³/mol. The zero-order valence-electron chi connectivity index (χ0n) is 16.8. The first-order valence-corrected chi connectivity index (χ1v) is 11.6. The average Bonchev–Trinajstić information content (AvgIpc) is 3.21. The van der Waals surface area contributed by atoms with E-state index in [1.54, 1.807) is 16.7 Å². The monoisotopic (exact) mass is 443 g/mol. The Morgan fingerprint density at radius 3 is 2.41 bits per heavy atom. The van der Waals surface area contributed by atoms with Crippen LogP contribution in [0.4, 0.5) is 11.4 Å². The molecule has 4 rings (SSSR count). The third-order valence-corrected chi connectivity index (χ3v) is 7.68. The first-order chi connectivity index (χ1) is 13.9. The number of carbonyl (C=O) groups is 1. The third kappa shape index (κ3) is 3.69. The minimum atomic E-state index is 0.0138. The summed E-state index contributed by atoms with van der Waals surface area (Å²) < 4.78 is 0.